The number of halogens is 1. The molecule has 20 heavy (non-hydrogen) atoms. The van der Waals surface area contributed by atoms with Gasteiger partial charge >= 0.3 is 0 Å². The maximum atomic E-state index is 14.1. The lowest BCUT2D eigenvalue weighted by Gasteiger charge is -2.10. The highest BCUT2D eigenvalue weighted by Crippen LogP contribution is 2.30. The van der Waals surface area contributed by atoms with Crippen molar-refractivity contribution >= 4 is 11.8 Å². The summed E-state index contributed by atoms with van der Waals surface area (Å²) in [6, 6.07) is 13.6. The van der Waals surface area contributed by atoms with Crippen molar-refractivity contribution in [1.29, 1.82) is 0 Å². The zero-order chi connectivity index (χ0) is 14.5. The number of benzene rings is 2. The van der Waals surface area contributed by atoms with Gasteiger partial charge in [0.05, 0.1) is 0 Å². The molecule has 0 aliphatic heterocycles. The Morgan fingerprint density at radius 3 is 2.45 bits per heavy atom. The lowest BCUT2D eigenvalue weighted by atomic mass is 10.0. The summed E-state index contributed by atoms with van der Waals surface area (Å²) < 4.78 is 14.1. The molecule has 106 valence electrons. The first-order valence-corrected chi connectivity index (χ1v) is 7.68. The van der Waals surface area contributed by atoms with Crippen molar-refractivity contribution in [2.45, 2.75) is 42.5 Å². The SMILES string of the molecule is CCC(N)Cc1ccc(Sc2ccc(C)cc2)c(F)c1. The Balaban J connectivity index is 2.11. The van der Waals surface area contributed by atoms with Crippen molar-refractivity contribution in [2.75, 3.05) is 0 Å². The number of rotatable bonds is 5. The minimum absolute atomic E-state index is 0.102. The van der Waals surface area contributed by atoms with Crippen LogP contribution in [0.3, 0.4) is 0 Å². The Morgan fingerprint density at radius 2 is 1.85 bits per heavy atom. The molecule has 1 unspecified atom stereocenters. The molecule has 1 atom stereocenters. The van der Waals surface area contributed by atoms with E-state index < -0.39 is 0 Å². The van der Waals surface area contributed by atoms with Crippen molar-refractivity contribution in [2.24, 2.45) is 5.73 Å². The third-order valence-corrected chi connectivity index (χ3v) is 4.33. The highest BCUT2D eigenvalue weighted by atomic mass is 32.2. The molecule has 0 amide bonds. The summed E-state index contributed by atoms with van der Waals surface area (Å²) in [4.78, 5) is 1.70. The van der Waals surface area contributed by atoms with Gasteiger partial charge in [0.25, 0.3) is 0 Å². The Labute approximate surface area is 124 Å². The van der Waals surface area contributed by atoms with Gasteiger partial charge in [-0.3, -0.25) is 0 Å². The summed E-state index contributed by atoms with van der Waals surface area (Å²) in [6.07, 6.45) is 1.63. The summed E-state index contributed by atoms with van der Waals surface area (Å²) in [5, 5.41) is 0. The van der Waals surface area contributed by atoms with E-state index in [4.69, 9.17) is 5.73 Å². The largest absolute Gasteiger partial charge is 0.327 e. The van der Waals surface area contributed by atoms with Gasteiger partial charge in [0.2, 0.25) is 0 Å². The summed E-state index contributed by atoms with van der Waals surface area (Å²) in [7, 11) is 0. The summed E-state index contributed by atoms with van der Waals surface area (Å²) >= 11 is 1.45. The third kappa shape index (κ3) is 4.09. The van der Waals surface area contributed by atoms with Crippen molar-refractivity contribution in [3.05, 3.63) is 59.4 Å². The molecule has 0 aliphatic carbocycles. The number of nitrogens with two attached hydrogens (primary N) is 1. The van der Waals surface area contributed by atoms with Crippen LogP contribution >= 0.6 is 11.8 Å². The molecule has 3 heteroatoms. The minimum atomic E-state index is -0.170. The molecular formula is C17H20FNS. The van der Waals surface area contributed by atoms with Gasteiger partial charge in [0.1, 0.15) is 5.82 Å². The smallest absolute Gasteiger partial charge is 0.137 e. The first-order chi connectivity index (χ1) is 9.58. The van der Waals surface area contributed by atoms with Gasteiger partial charge in [-0.05, 0) is 49.6 Å². The van der Waals surface area contributed by atoms with E-state index in [-0.39, 0.29) is 11.9 Å². The normalized spacial score (nSPS) is 12.4. The second-order valence-electron chi connectivity index (χ2n) is 5.05. The van der Waals surface area contributed by atoms with Crippen LogP contribution in [-0.4, -0.2) is 6.04 Å². The molecule has 0 fully saturated rings. The Morgan fingerprint density at radius 1 is 1.15 bits per heavy atom. The van der Waals surface area contributed by atoms with E-state index in [1.54, 1.807) is 6.07 Å². The number of aryl methyl sites for hydroxylation is 1. The predicted molar refractivity (Wildman–Crippen MR) is 83.7 cm³/mol. The maximum Gasteiger partial charge on any atom is 0.137 e. The minimum Gasteiger partial charge on any atom is -0.327 e. The topological polar surface area (TPSA) is 26.0 Å². The van der Waals surface area contributed by atoms with Gasteiger partial charge < -0.3 is 5.73 Å². The second kappa shape index (κ2) is 6.91. The fourth-order valence-corrected chi connectivity index (χ4v) is 2.75. The summed E-state index contributed by atoms with van der Waals surface area (Å²) in [6.45, 7) is 4.09. The van der Waals surface area contributed by atoms with Crippen LogP contribution in [0.5, 0.6) is 0 Å². The van der Waals surface area contributed by atoms with E-state index in [0.717, 1.165) is 23.3 Å². The standard InChI is InChI=1S/C17H20FNS/c1-3-14(19)10-13-6-9-17(16(18)11-13)20-15-7-4-12(2)5-8-15/h4-9,11,14H,3,10,19H2,1-2H3. The van der Waals surface area contributed by atoms with Gasteiger partial charge in [-0.2, -0.15) is 0 Å². The van der Waals surface area contributed by atoms with Crippen molar-refractivity contribution in [3.63, 3.8) is 0 Å². The first kappa shape index (κ1) is 15.1. The van der Waals surface area contributed by atoms with E-state index in [2.05, 4.69) is 0 Å². The third-order valence-electron chi connectivity index (χ3n) is 3.27. The Hall–Kier alpha value is -1.32. The molecule has 0 aromatic heterocycles. The predicted octanol–water partition coefficient (Wildman–Crippen LogP) is 4.57. The first-order valence-electron chi connectivity index (χ1n) is 6.87. The Bertz CT molecular complexity index is 566. The molecule has 0 saturated carbocycles. The van der Waals surface area contributed by atoms with E-state index in [9.17, 15) is 4.39 Å². The lowest BCUT2D eigenvalue weighted by Crippen LogP contribution is -2.21. The average molecular weight is 289 g/mol. The second-order valence-corrected chi connectivity index (χ2v) is 6.17. The zero-order valence-corrected chi connectivity index (χ0v) is 12.7. The summed E-state index contributed by atoms with van der Waals surface area (Å²) in [5.41, 5.74) is 8.07. The molecule has 2 N–H and O–H groups in total. The average Bonchev–Trinajstić information content (AvgIpc) is 2.44. The maximum absolute atomic E-state index is 14.1. The highest BCUT2D eigenvalue weighted by molar-refractivity contribution is 7.99. The monoisotopic (exact) mass is 289 g/mol. The van der Waals surface area contributed by atoms with Crippen molar-refractivity contribution < 1.29 is 4.39 Å². The molecule has 0 heterocycles. The van der Waals surface area contributed by atoms with Crippen LogP contribution in [0.2, 0.25) is 0 Å². The molecule has 1 nitrogen and oxygen atoms in total. The fraction of sp³-hybridized carbons (Fsp3) is 0.294. The van der Waals surface area contributed by atoms with Crippen LogP contribution < -0.4 is 5.73 Å². The fourth-order valence-electron chi connectivity index (χ4n) is 1.93. The molecule has 2 rings (SSSR count). The van der Waals surface area contributed by atoms with Crippen LogP contribution in [0.4, 0.5) is 4.39 Å². The molecule has 0 radical (unpaired) electrons. The molecular weight excluding hydrogens is 269 g/mol. The van der Waals surface area contributed by atoms with E-state index in [1.807, 2.05) is 50.2 Å². The van der Waals surface area contributed by atoms with Crippen LogP contribution in [0, 0.1) is 12.7 Å². The molecule has 2 aromatic carbocycles. The van der Waals surface area contributed by atoms with E-state index in [0.29, 0.717) is 4.90 Å². The number of hydrogen-bond acceptors (Lipinski definition) is 2. The summed E-state index contributed by atoms with van der Waals surface area (Å²) in [5.74, 6) is -0.170. The molecule has 0 saturated heterocycles. The van der Waals surface area contributed by atoms with Crippen LogP contribution in [0.15, 0.2) is 52.3 Å². The van der Waals surface area contributed by atoms with Gasteiger partial charge in [0, 0.05) is 15.8 Å². The molecule has 0 spiro atoms. The van der Waals surface area contributed by atoms with Crippen LogP contribution in [0.1, 0.15) is 24.5 Å². The van der Waals surface area contributed by atoms with E-state index >= 15 is 0 Å². The molecule has 0 aliphatic rings. The lowest BCUT2D eigenvalue weighted by molar-refractivity contribution is 0.593. The molecule has 2 aromatic rings. The number of hydrogen-bond donors (Lipinski definition) is 1. The Kier molecular flexibility index (Phi) is 5.21. The quantitative estimate of drug-likeness (QED) is 0.873. The molecule has 0 bridgehead atoms. The van der Waals surface area contributed by atoms with Crippen molar-refractivity contribution in [3.8, 4) is 0 Å². The van der Waals surface area contributed by atoms with Gasteiger partial charge in [0.15, 0.2) is 0 Å². The van der Waals surface area contributed by atoms with Gasteiger partial charge in [-0.25, -0.2) is 4.39 Å². The van der Waals surface area contributed by atoms with Crippen LogP contribution in [-0.2, 0) is 6.42 Å². The van der Waals surface area contributed by atoms with E-state index in [1.165, 1.54) is 17.3 Å². The highest BCUT2D eigenvalue weighted by Gasteiger charge is 2.08. The van der Waals surface area contributed by atoms with Gasteiger partial charge in [-0.15, -0.1) is 0 Å². The van der Waals surface area contributed by atoms with Gasteiger partial charge in [-0.1, -0.05) is 42.4 Å². The van der Waals surface area contributed by atoms with Crippen LogP contribution in [0.25, 0.3) is 0 Å². The van der Waals surface area contributed by atoms with Crippen molar-refractivity contribution in [1.82, 2.24) is 0 Å². The zero-order valence-electron chi connectivity index (χ0n) is 11.9.